The fourth-order valence-electron chi connectivity index (χ4n) is 3.47. The topological polar surface area (TPSA) is 70.7 Å². The van der Waals surface area contributed by atoms with E-state index in [1.807, 2.05) is 12.1 Å². The molecule has 0 aromatic heterocycles. The molecule has 2 N–H and O–H groups in total. The van der Waals surface area contributed by atoms with Gasteiger partial charge in [0, 0.05) is 18.8 Å². The highest BCUT2D eigenvalue weighted by Crippen LogP contribution is 2.38. The molecule has 172 valence electrons. The van der Waals surface area contributed by atoms with Gasteiger partial charge in [-0.05, 0) is 61.1 Å². The van der Waals surface area contributed by atoms with Crippen molar-refractivity contribution in [1.82, 2.24) is 0 Å². The summed E-state index contributed by atoms with van der Waals surface area (Å²) >= 11 is 0. The second-order valence-corrected chi connectivity index (χ2v) is 9.12. The smallest absolute Gasteiger partial charge is 0.323 e. The number of esters is 1. The Morgan fingerprint density at radius 3 is 2.19 bits per heavy atom. The van der Waals surface area contributed by atoms with Crippen LogP contribution in [0, 0.1) is 23.6 Å². The first kappa shape index (κ1) is 23.6. The summed E-state index contributed by atoms with van der Waals surface area (Å²) in [5, 5.41) is 5.58. The van der Waals surface area contributed by atoms with Crippen molar-refractivity contribution in [1.29, 1.82) is 0 Å². The van der Waals surface area contributed by atoms with Gasteiger partial charge in [0.05, 0.1) is 11.6 Å². The molecule has 0 atom stereocenters. The van der Waals surface area contributed by atoms with E-state index in [0.717, 1.165) is 31.6 Å². The number of carbonyl (C=O) groups excluding carboxylic acids is 2. The van der Waals surface area contributed by atoms with Crippen LogP contribution >= 0.6 is 0 Å². The Morgan fingerprint density at radius 1 is 1.00 bits per heavy atom. The molecule has 7 heteroatoms. The predicted molar refractivity (Wildman–Crippen MR) is 126 cm³/mol. The first-order valence-corrected chi connectivity index (χ1v) is 11.2. The molecule has 0 aliphatic heterocycles. The van der Waals surface area contributed by atoms with E-state index in [9.17, 15) is 14.0 Å². The highest BCUT2D eigenvalue weighted by molar-refractivity contribution is 6.03. The standard InChI is InChI=1S/C25H32FN3O3/c1-16(2)14-29(15-17(3)4)21-6-5-7-22(32-24(30)18-8-9-18)23(21)28-25(31)27-20-12-10-19(26)11-13-20/h5-7,10-13,16-18H,8-9,14-15H2,1-4H3,(H2,27,28,31). The van der Waals surface area contributed by atoms with Crippen molar-refractivity contribution in [2.45, 2.75) is 40.5 Å². The largest absolute Gasteiger partial charge is 0.424 e. The van der Waals surface area contributed by atoms with Crippen molar-refractivity contribution in [3.63, 3.8) is 0 Å². The Hall–Kier alpha value is -3.09. The number of amides is 2. The number of urea groups is 1. The highest BCUT2D eigenvalue weighted by Gasteiger charge is 2.32. The van der Waals surface area contributed by atoms with Crippen LogP contribution in [0.25, 0.3) is 0 Å². The Bertz CT molecular complexity index is 930. The van der Waals surface area contributed by atoms with Crippen molar-refractivity contribution in [2.24, 2.45) is 17.8 Å². The number of hydrogen-bond donors (Lipinski definition) is 2. The summed E-state index contributed by atoms with van der Waals surface area (Å²) < 4.78 is 18.9. The molecule has 0 unspecified atom stereocenters. The normalized spacial score (nSPS) is 13.2. The molecule has 0 heterocycles. The van der Waals surface area contributed by atoms with Gasteiger partial charge in [-0.15, -0.1) is 0 Å². The molecule has 1 saturated carbocycles. The van der Waals surface area contributed by atoms with E-state index < -0.39 is 6.03 Å². The second-order valence-electron chi connectivity index (χ2n) is 9.12. The third kappa shape index (κ3) is 6.70. The van der Waals surface area contributed by atoms with Crippen molar-refractivity contribution in [3.8, 4) is 5.75 Å². The molecule has 32 heavy (non-hydrogen) atoms. The maximum atomic E-state index is 13.2. The first-order chi connectivity index (χ1) is 15.2. The van der Waals surface area contributed by atoms with E-state index in [1.165, 1.54) is 24.3 Å². The highest BCUT2D eigenvalue weighted by atomic mass is 19.1. The summed E-state index contributed by atoms with van der Waals surface area (Å²) in [5.74, 6) is 0.393. The zero-order chi connectivity index (χ0) is 23.3. The van der Waals surface area contributed by atoms with Crippen molar-refractivity contribution in [2.75, 3.05) is 28.6 Å². The number of rotatable bonds is 9. The molecule has 3 rings (SSSR count). The zero-order valence-corrected chi connectivity index (χ0v) is 19.2. The number of nitrogens with zero attached hydrogens (tertiary/aromatic N) is 1. The van der Waals surface area contributed by atoms with Gasteiger partial charge in [0.25, 0.3) is 0 Å². The fraction of sp³-hybridized carbons (Fsp3) is 0.440. The van der Waals surface area contributed by atoms with Crippen LogP contribution in [0.2, 0.25) is 0 Å². The van der Waals surface area contributed by atoms with Crippen LogP contribution in [-0.4, -0.2) is 25.1 Å². The molecule has 2 aromatic carbocycles. The van der Waals surface area contributed by atoms with Gasteiger partial charge in [0.15, 0.2) is 5.75 Å². The molecule has 2 aromatic rings. The minimum atomic E-state index is -0.498. The monoisotopic (exact) mass is 441 g/mol. The SMILES string of the molecule is CC(C)CN(CC(C)C)c1cccc(OC(=O)C2CC2)c1NC(=O)Nc1ccc(F)cc1. The van der Waals surface area contributed by atoms with Gasteiger partial charge < -0.3 is 20.3 Å². The summed E-state index contributed by atoms with van der Waals surface area (Å²) in [4.78, 5) is 27.4. The number of halogens is 1. The number of para-hydroxylation sites is 1. The number of carbonyl (C=O) groups is 2. The van der Waals surface area contributed by atoms with Crippen LogP contribution in [-0.2, 0) is 4.79 Å². The van der Waals surface area contributed by atoms with Crippen LogP contribution < -0.4 is 20.3 Å². The molecule has 0 spiro atoms. The molecule has 1 fully saturated rings. The molecular formula is C25H32FN3O3. The molecule has 1 aliphatic carbocycles. The summed E-state index contributed by atoms with van der Waals surface area (Å²) in [6.07, 6.45) is 1.67. The average molecular weight is 442 g/mol. The van der Waals surface area contributed by atoms with Gasteiger partial charge in [0.2, 0.25) is 0 Å². The summed E-state index contributed by atoms with van der Waals surface area (Å²) in [6, 6.07) is 10.5. The molecular weight excluding hydrogens is 409 g/mol. The van der Waals surface area contributed by atoms with Crippen LogP contribution in [0.15, 0.2) is 42.5 Å². The first-order valence-electron chi connectivity index (χ1n) is 11.2. The van der Waals surface area contributed by atoms with Crippen molar-refractivity contribution >= 4 is 29.1 Å². The Kier molecular flexibility index (Phi) is 7.72. The van der Waals surface area contributed by atoms with Gasteiger partial charge >= 0.3 is 12.0 Å². The van der Waals surface area contributed by atoms with Crippen molar-refractivity contribution in [3.05, 3.63) is 48.3 Å². The van der Waals surface area contributed by atoms with E-state index in [2.05, 4.69) is 43.2 Å². The van der Waals surface area contributed by atoms with Crippen LogP contribution in [0.3, 0.4) is 0 Å². The molecule has 2 amide bonds. The number of nitrogens with one attached hydrogen (secondary N) is 2. The minimum absolute atomic E-state index is 0.0676. The second kappa shape index (κ2) is 10.5. The quantitative estimate of drug-likeness (QED) is 0.375. The fourth-order valence-corrected chi connectivity index (χ4v) is 3.47. The molecule has 0 radical (unpaired) electrons. The molecule has 6 nitrogen and oxygen atoms in total. The third-order valence-corrected chi connectivity index (χ3v) is 4.98. The van der Waals surface area contributed by atoms with Gasteiger partial charge in [0.1, 0.15) is 11.5 Å². The van der Waals surface area contributed by atoms with E-state index in [1.54, 1.807) is 6.07 Å². The number of anilines is 3. The number of ether oxygens (including phenoxy) is 1. The number of hydrogen-bond acceptors (Lipinski definition) is 4. The van der Waals surface area contributed by atoms with Gasteiger partial charge in [-0.25, -0.2) is 9.18 Å². The van der Waals surface area contributed by atoms with E-state index in [-0.39, 0.29) is 17.7 Å². The molecule has 0 bridgehead atoms. The van der Waals surface area contributed by atoms with Gasteiger partial charge in [-0.1, -0.05) is 33.8 Å². The zero-order valence-electron chi connectivity index (χ0n) is 19.2. The van der Waals surface area contributed by atoms with Crippen LogP contribution in [0.5, 0.6) is 5.75 Å². The number of benzene rings is 2. The Balaban J connectivity index is 1.91. The summed E-state index contributed by atoms with van der Waals surface area (Å²) in [6.45, 7) is 10.1. The lowest BCUT2D eigenvalue weighted by atomic mass is 10.1. The van der Waals surface area contributed by atoms with E-state index in [4.69, 9.17) is 4.74 Å². The molecule has 0 saturated heterocycles. The van der Waals surface area contributed by atoms with Gasteiger partial charge in [-0.2, -0.15) is 0 Å². The van der Waals surface area contributed by atoms with Crippen LogP contribution in [0.1, 0.15) is 40.5 Å². The summed E-state index contributed by atoms with van der Waals surface area (Å²) in [7, 11) is 0. The van der Waals surface area contributed by atoms with Crippen molar-refractivity contribution < 1.29 is 18.7 Å². The lowest BCUT2D eigenvalue weighted by Crippen LogP contribution is -2.33. The van der Waals surface area contributed by atoms with E-state index >= 15 is 0 Å². The predicted octanol–water partition coefficient (Wildman–Crippen LogP) is 5.90. The maximum Gasteiger partial charge on any atom is 0.323 e. The maximum absolute atomic E-state index is 13.2. The van der Waals surface area contributed by atoms with Gasteiger partial charge in [-0.3, -0.25) is 4.79 Å². The average Bonchev–Trinajstić information content (AvgIpc) is 3.55. The molecule has 1 aliphatic rings. The van der Waals surface area contributed by atoms with E-state index in [0.29, 0.717) is 29.0 Å². The third-order valence-electron chi connectivity index (χ3n) is 4.98. The minimum Gasteiger partial charge on any atom is -0.424 e. The lowest BCUT2D eigenvalue weighted by molar-refractivity contribution is -0.135. The Morgan fingerprint density at radius 2 is 1.62 bits per heavy atom. The summed E-state index contributed by atoms with van der Waals surface area (Å²) in [5.41, 5.74) is 1.70. The lowest BCUT2D eigenvalue weighted by Gasteiger charge is -2.31. The van der Waals surface area contributed by atoms with Crippen LogP contribution in [0.4, 0.5) is 26.2 Å². The Labute approximate surface area is 189 Å².